The summed E-state index contributed by atoms with van der Waals surface area (Å²) in [5, 5.41) is 19.3. The molecule has 3 aromatic carbocycles. The second-order valence-corrected chi connectivity index (χ2v) is 9.35. The minimum absolute atomic E-state index is 0.0203. The molecule has 1 aliphatic heterocycles. The van der Waals surface area contributed by atoms with Gasteiger partial charge in [-0.05, 0) is 37.3 Å². The Morgan fingerprint density at radius 2 is 1.74 bits per heavy atom. The van der Waals surface area contributed by atoms with Crippen LogP contribution in [-0.2, 0) is 9.59 Å². The number of methoxy groups -OCH3 is 1. The lowest BCUT2D eigenvalue weighted by atomic mass is 9.82. The van der Waals surface area contributed by atoms with Crippen LogP contribution >= 0.6 is 11.8 Å². The number of halogens is 1. The van der Waals surface area contributed by atoms with Crippen LogP contribution in [-0.4, -0.2) is 24.7 Å². The third kappa shape index (κ3) is 6.05. The van der Waals surface area contributed by atoms with Crippen LogP contribution in [0.25, 0.3) is 0 Å². The molecule has 2 amide bonds. The normalized spacial score (nSPS) is 14.8. The van der Waals surface area contributed by atoms with E-state index in [9.17, 15) is 14.9 Å². The molecule has 0 saturated carbocycles. The van der Waals surface area contributed by atoms with Crippen molar-refractivity contribution in [3.05, 3.63) is 112 Å². The highest BCUT2D eigenvalue weighted by Gasteiger charge is 2.36. The van der Waals surface area contributed by atoms with E-state index in [1.165, 1.54) is 13.2 Å². The monoisotopic (exact) mass is 528 g/mol. The minimum Gasteiger partial charge on any atom is -0.497 e. The van der Waals surface area contributed by atoms with E-state index in [-0.39, 0.29) is 28.4 Å². The average molecular weight is 529 g/mol. The Morgan fingerprint density at radius 1 is 1.03 bits per heavy atom. The van der Waals surface area contributed by atoms with Gasteiger partial charge >= 0.3 is 0 Å². The molecule has 7 nitrogen and oxygen atoms in total. The van der Waals surface area contributed by atoms with Gasteiger partial charge in [-0.25, -0.2) is 4.39 Å². The standard InChI is InChI=1S/C29H25FN4O3S/c1-18-26(28(36)34-19-9-4-3-5-10-19)27(22-13-6-7-14-24(22)30)23(16-31)29(32-18)38-17-25(35)33-20-11-8-12-21(15-20)37-2/h3-15,27,32H,17H2,1-2H3,(H,33,35)(H,34,36)/t27-/m1/s1. The summed E-state index contributed by atoms with van der Waals surface area (Å²) in [6.07, 6.45) is 0. The third-order valence-corrected chi connectivity index (χ3v) is 6.86. The molecule has 3 N–H and O–H groups in total. The van der Waals surface area contributed by atoms with Gasteiger partial charge in [0.2, 0.25) is 5.91 Å². The lowest BCUT2D eigenvalue weighted by Crippen LogP contribution is -2.31. The highest BCUT2D eigenvalue weighted by Crippen LogP contribution is 2.41. The van der Waals surface area contributed by atoms with E-state index in [0.717, 1.165) is 11.8 Å². The van der Waals surface area contributed by atoms with Crippen LogP contribution in [0.5, 0.6) is 5.75 Å². The molecule has 0 unspecified atom stereocenters. The highest BCUT2D eigenvalue weighted by molar-refractivity contribution is 8.03. The molecule has 1 heterocycles. The number of ether oxygens (including phenoxy) is 1. The van der Waals surface area contributed by atoms with Crippen LogP contribution in [0.3, 0.4) is 0 Å². The summed E-state index contributed by atoms with van der Waals surface area (Å²) in [7, 11) is 1.54. The number of thioether (sulfide) groups is 1. The molecule has 1 aliphatic rings. The summed E-state index contributed by atoms with van der Waals surface area (Å²) in [6.45, 7) is 1.69. The summed E-state index contributed by atoms with van der Waals surface area (Å²) >= 11 is 1.11. The zero-order chi connectivity index (χ0) is 27.1. The molecule has 0 radical (unpaired) electrons. The van der Waals surface area contributed by atoms with Crippen LogP contribution in [0.1, 0.15) is 18.4 Å². The van der Waals surface area contributed by atoms with Crippen molar-refractivity contribution in [2.45, 2.75) is 12.8 Å². The summed E-state index contributed by atoms with van der Waals surface area (Å²) in [6, 6.07) is 24.1. The molecule has 3 aromatic rings. The summed E-state index contributed by atoms with van der Waals surface area (Å²) in [5.74, 6) is -1.67. The molecule has 0 bridgehead atoms. The van der Waals surface area contributed by atoms with Crippen molar-refractivity contribution in [2.75, 3.05) is 23.5 Å². The second kappa shape index (κ2) is 12.1. The molecular weight excluding hydrogens is 503 g/mol. The van der Waals surface area contributed by atoms with Crippen molar-refractivity contribution in [3.8, 4) is 11.8 Å². The predicted molar refractivity (Wildman–Crippen MR) is 147 cm³/mol. The van der Waals surface area contributed by atoms with Gasteiger partial charge in [0, 0.05) is 34.3 Å². The summed E-state index contributed by atoms with van der Waals surface area (Å²) in [4.78, 5) is 26.1. The average Bonchev–Trinajstić information content (AvgIpc) is 2.92. The van der Waals surface area contributed by atoms with Crippen molar-refractivity contribution in [1.29, 1.82) is 5.26 Å². The van der Waals surface area contributed by atoms with Crippen LogP contribution in [0.2, 0.25) is 0 Å². The van der Waals surface area contributed by atoms with Gasteiger partial charge in [-0.2, -0.15) is 5.26 Å². The fourth-order valence-electron chi connectivity index (χ4n) is 4.10. The molecule has 192 valence electrons. The maximum atomic E-state index is 15.0. The number of para-hydroxylation sites is 1. The molecule has 0 spiro atoms. The number of allylic oxidation sites excluding steroid dienone is 2. The number of dihydropyridines is 1. The van der Waals surface area contributed by atoms with Crippen molar-refractivity contribution in [1.82, 2.24) is 5.32 Å². The van der Waals surface area contributed by atoms with E-state index in [4.69, 9.17) is 4.74 Å². The fourth-order valence-corrected chi connectivity index (χ4v) is 5.00. The van der Waals surface area contributed by atoms with Crippen molar-refractivity contribution in [2.24, 2.45) is 0 Å². The lowest BCUT2D eigenvalue weighted by molar-refractivity contribution is -0.114. The Kier molecular flexibility index (Phi) is 8.46. The molecule has 0 saturated heterocycles. The number of carbonyl (C=O) groups is 2. The van der Waals surface area contributed by atoms with Crippen molar-refractivity contribution >= 4 is 35.0 Å². The maximum Gasteiger partial charge on any atom is 0.254 e. The number of nitrogens with zero attached hydrogens (tertiary/aromatic N) is 1. The smallest absolute Gasteiger partial charge is 0.254 e. The SMILES string of the molecule is COc1cccc(NC(=O)CSC2=C(C#N)[C@@H](c3ccccc3F)C(C(=O)Nc3ccccc3)=C(C)N2)c1. The first-order valence-corrected chi connectivity index (χ1v) is 12.7. The van der Waals surface area contributed by atoms with Gasteiger partial charge in [0.15, 0.2) is 0 Å². The molecule has 0 aliphatic carbocycles. The van der Waals surface area contributed by atoms with E-state index in [0.29, 0.717) is 27.9 Å². The van der Waals surface area contributed by atoms with Gasteiger partial charge in [-0.1, -0.05) is 54.2 Å². The van der Waals surface area contributed by atoms with Crippen LogP contribution in [0.15, 0.2) is 101 Å². The van der Waals surface area contributed by atoms with Gasteiger partial charge in [-0.3, -0.25) is 9.59 Å². The van der Waals surface area contributed by atoms with Gasteiger partial charge in [0.1, 0.15) is 11.6 Å². The van der Waals surface area contributed by atoms with Gasteiger partial charge < -0.3 is 20.7 Å². The zero-order valence-electron chi connectivity index (χ0n) is 20.7. The highest BCUT2D eigenvalue weighted by atomic mass is 32.2. The lowest BCUT2D eigenvalue weighted by Gasteiger charge is -2.30. The van der Waals surface area contributed by atoms with Gasteiger partial charge in [0.25, 0.3) is 5.91 Å². The quantitative estimate of drug-likeness (QED) is 0.355. The first-order valence-electron chi connectivity index (χ1n) is 11.7. The number of rotatable bonds is 8. The van der Waals surface area contributed by atoms with Gasteiger partial charge in [-0.15, -0.1) is 0 Å². The molecular formula is C29H25FN4O3S. The molecule has 9 heteroatoms. The molecule has 0 fully saturated rings. The third-order valence-electron chi connectivity index (χ3n) is 5.84. The summed E-state index contributed by atoms with van der Waals surface area (Å²) < 4.78 is 20.2. The van der Waals surface area contributed by atoms with E-state index in [1.807, 2.05) is 6.07 Å². The zero-order valence-corrected chi connectivity index (χ0v) is 21.6. The Balaban J connectivity index is 1.62. The maximum absolute atomic E-state index is 15.0. The van der Waals surface area contributed by atoms with E-state index >= 15 is 4.39 Å². The number of hydrogen-bond donors (Lipinski definition) is 3. The fraction of sp³-hybridized carbons (Fsp3) is 0.138. The van der Waals surface area contributed by atoms with Crippen molar-refractivity contribution < 1.29 is 18.7 Å². The minimum atomic E-state index is -0.963. The first kappa shape index (κ1) is 26.5. The second-order valence-electron chi connectivity index (χ2n) is 8.36. The van der Waals surface area contributed by atoms with Crippen LogP contribution < -0.4 is 20.7 Å². The van der Waals surface area contributed by atoms with E-state index in [1.54, 1.807) is 73.7 Å². The van der Waals surface area contributed by atoms with Crippen LogP contribution in [0.4, 0.5) is 15.8 Å². The molecule has 1 atom stereocenters. The Bertz CT molecular complexity index is 1460. The first-order chi connectivity index (χ1) is 18.4. The summed E-state index contributed by atoms with van der Waals surface area (Å²) in [5.41, 5.74) is 2.17. The topological polar surface area (TPSA) is 103 Å². The Hall–Kier alpha value is -4.55. The van der Waals surface area contributed by atoms with Crippen LogP contribution in [0, 0.1) is 17.1 Å². The number of carbonyl (C=O) groups excluding carboxylic acids is 2. The van der Waals surface area contributed by atoms with E-state index < -0.39 is 17.6 Å². The number of benzene rings is 3. The number of nitrogens with one attached hydrogen (secondary N) is 3. The number of hydrogen-bond acceptors (Lipinski definition) is 6. The largest absolute Gasteiger partial charge is 0.497 e. The number of anilines is 2. The predicted octanol–water partition coefficient (Wildman–Crippen LogP) is 5.54. The molecule has 4 rings (SSSR count). The van der Waals surface area contributed by atoms with E-state index in [2.05, 4.69) is 22.0 Å². The Morgan fingerprint density at radius 3 is 2.45 bits per heavy atom. The number of amides is 2. The number of nitriles is 1. The Labute approximate surface area is 224 Å². The molecule has 0 aromatic heterocycles. The van der Waals surface area contributed by atoms with Gasteiger partial charge in [0.05, 0.1) is 35.5 Å². The molecule has 38 heavy (non-hydrogen) atoms. The van der Waals surface area contributed by atoms with Crippen molar-refractivity contribution in [3.63, 3.8) is 0 Å².